The molecule has 5 heteroatoms. The van der Waals surface area contributed by atoms with Gasteiger partial charge in [0.2, 0.25) is 0 Å². The number of hydrogen-bond donors (Lipinski definition) is 1. The van der Waals surface area contributed by atoms with E-state index in [1.807, 2.05) is 66.4 Å². The number of benzene rings is 2. The van der Waals surface area contributed by atoms with Crippen molar-refractivity contribution in [3.05, 3.63) is 65.7 Å². The summed E-state index contributed by atoms with van der Waals surface area (Å²) in [6, 6.07) is 17.0. The smallest absolute Gasteiger partial charge is 0.260 e. The van der Waals surface area contributed by atoms with Crippen LogP contribution in [-0.4, -0.2) is 41.9 Å². The molecule has 2 aromatic carbocycles. The minimum absolute atomic E-state index is 0.00980. The Balaban J connectivity index is 1.37. The third-order valence-corrected chi connectivity index (χ3v) is 5.60. The summed E-state index contributed by atoms with van der Waals surface area (Å²) in [6.07, 6.45) is 1.89. The van der Waals surface area contributed by atoms with Gasteiger partial charge in [0.1, 0.15) is 5.75 Å². The lowest BCUT2D eigenvalue weighted by Gasteiger charge is -2.33. The molecule has 2 amide bonds. The molecule has 3 atom stereocenters. The topological polar surface area (TPSA) is 58.6 Å². The van der Waals surface area contributed by atoms with E-state index in [-0.39, 0.29) is 30.5 Å². The molecule has 0 aromatic heterocycles. The summed E-state index contributed by atoms with van der Waals surface area (Å²) in [5, 5.41) is 3.12. The Kier molecular flexibility index (Phi) is 4.84. The van der Waals surface area contributed by atoms with Gasteiger partial charge in [-0.15, -0.1) is 0 Å². The molecule has 2 fully saturated rings. The fraction of sp³-hybridized carbons (Fsp3) is 0.364. The van der Waals surface area contributed by atoms with Gasteiger partial charge in [0, 0.05) is 18.2 Å². The van der Waals surface area contributed by atoms with Crippen molar-refractivity contribution in [3.8, 4) is 5.75 Å². The van der Waals surface area contributed by atoms with Gasteiger partial charge in [-0.05, 0) is 49.4 Å². The van der Waals surface area contributed by atoms with E-state index < -0.39 is 0 Å². The second-order valence-electron chi connectivity index (χ2n) is 7.45. The van der Waals surface area contributed by atoms with Crippen molar-refractivity contribution >= 4 is 11.8 Å². The average molecular weight is 364 g/mol. The molecule has 0 radical (unpaired) electrons. The third kappa shape index (κ3) is 3.68. The summed E-state index contributed by atoms with van der Waals surface area (Å²) in [5.41, 5.74) is 1.67. The van der Waals surface area contributed by atoms with Crippen molar-refractivity contribution in [3.63, 3.8) is 0 Å². The minimum atomic E-state index is -0.0725. The first-order chi connectivity index (χ1) is 13.1. The van der Waals surface area contributed by atoms with E-state index in [9.17, 15) is 9.59 Å². The number of nitrogens with zero attached hydrogens (tertiary/aromatic N) is 1. The summed E-state index contributed by atoms with van der Waals surface area (Å²) in [4.78, 5) is 27.1. The maximum Gasteiger partial charge on any atom is 0.260 e. The first-order valence-electron chi connectivity index (χ1n) is 9.45. The maximum atomic E-state index is 12.7. The van der Waals surface area contributed by atoms with Gasteiger partial charge in [-0.25, -0.2) is 0 Å². The highest BCUT2D eigenvalue weighted by Crippen LogP contribution is 2.38. The van der Waals surface area contributed by atoms with E-state index in [1.165, 1.54) is 0 Å². The lowest BCUT2D eigenvalue weighted by Crippen LogP contribution is -2.52. The molecule has 0 spiro atoms. The van der Waals surface area contributed by atoms with Crippen molar-refractivity contribution in [1.82, 2.24) is 10.2 Å². The highest BCUT2D eigenvalue weighted by molar-refractivity contribution is 5.94. The molecule has 1 aliphatic heterocycles. The highest BCUT2D eigenvalue weighted by Gasteiger charge is 2.47. The van der Waals surface area contributed by atoms with E-state index in [4.69, 9.17) is 4.74 Å². The zero-order valence-corrected chi connectivity index (χ0v) is 15.4. The Hall–Kier alpha value is -2.82. The maximum absolute atomic E-state index is 12.7. The number of fused-ring (bicyclic) bond motifs is 2. The van der Waals surface area contributed by atoms with Gasteiger partial charge in [0.05, 0.1) is 6.04 Å². The summed E-state index contributed by atoms with van der Waals surface area (Å²) in [7, 11) is 0. The molecule has 3 unspecified atom stereocenters. The number of piperidine rings is 1. The van der Waals surface area contributed by atoms with Crippen LogP contribution in [0.2, 0.25) is 0 Å². The summed E-state index contributed by atoms with van der Waals surface area (Å²) < 4.78 is 5.73. The molecule has 27 heavy (non-hydrogen) atoms. The molecule has 1 aliphatic carbocycles. The van der Waals surface area contributed by atoms with Crippen molar-refractivity contribution in [2.45, 2.75) is 31.8 Å². The summed E-state index contributed by atoms with van der Waals surface area (Å²) in [6.45, 7) is 2.76. The largest absolute Gasteiger partial charge is 0.484 e. The fourth-order valence-electron chi connectivity index (χ4n) is 4.25. The number of amides is 2. The molecule has 4 rings (SSSR count). The Bertz CT molecular complexity index is 836. The molecule has 2 bridgehead atoms. The molecule has 1 saturated carbocycles. The van der Waals surface area contributed by atoms with E-state index in [2.05, 4.69) is 5.32 Å². The molecule has 1 heterocycles. The van der Waals surface area contributed by atoms with Crippen LogP contribution in [0.3, 0.4) is 0 Å². The van der Waals surface area contributed by atoms with Gasteiger partial charge in [-0.3, -0.25) is 9.59 Å². The summed E-state index contributed by atoms with van der Waals surface area (Å²) >= 11 is 0. The Labute approximate surface area is 159 Å². The minimum Gasteiger partial charge on any atom is -0.484 e. The number of carbonyl (C=O) groups is 2. The number of ether oxygens (including phenoxy) is 1. The van der Waals surface area contributed by atoms with Crippen LogP contribution in [0.4, 0.5) is 0 Å². The normalized spacial score (nSPS) is 23.3. The van der Waals surface area contributed by atoms with Crippen LogP contribution in [-0.2, 0) is 4.79 Å². The van der Waals surface area contributed by atoms with Crippen LogP contribution in [0, 0.1) is 12.8 Å². The first kappa shape index (κ1) is 17.6. The summed E-state index contributed by atoms with van der Waals surface area (Å²) in [5.74, 6) is 1.11. The predicted molar refractivity (Wildman–Crippen MR) is 103 cm³/mol. The zero-order chi connectivity index (χ0) is 18.8. The second kappa shape index (κ2) is 7.43. The van der Waals surface area contributed by atoms with Gasteiger partial charge in [-0.1, -0.05) is 36.4 Å². The zero-order valence-electron chi connectivity index (χ0n) is 15.4. The molecule has 140 valence electrons. The second-order valence-corrected chi connectivity index (χ2v) is 7.45. The fourth-order valence-corrected chi connectivity index (χ4v) is 4.25. The average Bonchev–Trinajstić information content (AvgIpc) is 3.28. The number of aryl methyl sites for hydroxylation is 1. The Morgan fingerprint density at radius 2 is 1.81 bits per heavy atom. The number of para-hydroxylation sites is 1. The third-order valence-electron chi connectivity index (χ3n) is 5.60. The first-order valence-corrected chi connectivity index (χ1v) is 9.45. The van der Waals surface area contributed by atoms with Crippen molar-refractivity contribution in [1.29, 1.82) is 0 Å². The molecule has 1 N–H and O–H groups in total. The number of carbonyl (C=O) groups excluding carboxylic acids is 2. The van der Waals surface area contributed by atoms with Crippen LogP contribution in [0.1, 0.15) is 28.8 Å². The monoisotopic (exact) mass is 364 g/mol. The van der Waals surface area contributed by atoms with E-state index >= 15 is 0 Å². The van der Waals surface area contributed by atoms with Gasteiger partial charge < -0.3 is 15.0 Å². The van der Waals surface area contributed by atoms with Gasteiger partial charge in [0.25, 0.3) is 11.8 Å². The molecule has 2 aliphatic rings. The van der Waals surface area contributed by atoms with E-state index in [1.54, 1.807) is 0 Å². The van der Waals surface area contributed by atoms with Gasteiger partial charge in [0.15, 0.2) is 6.61 Å². The number of hydrogen-bond acceptors (Lipinski definition) is 3. The quantitative estimate of drug-likeness (QED) is 0.888. The van der Waals surface area contributed by atoms with Crippen LogP contribution >= 0.6 is 0 Å². The SMILES string of the molecule is Cc1ccccc1OCC(=O)N1CC2CC(NC(=O)c3ccccc3)C1C2. The van der Waals surface area contributed by atoms with Crippen molar-refractivity contribution in [2.24, 2.45) is 5.92 Å². The number of likely N-dealkylation sites (tertiary alicyclic amines) is 1. The molecule has 1 saturated heterocycles. The number of rotatable bonds is 5. The molecule has 2 aromatic rings. The standard InChI is InChI=1S/C22H24N2O3/c1-15-7-5-6-10-20(15)27-14-21(25)24-13-16-11-18(19(24)12-16)23-22(26)17-8-3-2-4-9-17/h2-10,16,18-19H,11-14H2,1H3,(H,23,26). The van der Waals surface area contributed by atoms with Crippen LogP contribution < -0.4 is 10.1 Å². The van der Waals surface area contributed by atoms with Crippen LogP contribution in [0.5, 0.6) is 5.75 Å². The van der Waals surface area contributed by atoms with Crippen LogP contribution in [0.15, 0.2) is 54.6 Å². The van der Waals surface area contributed by atoms with Crippen molar-refractivity contribution in [2.75, 3.05) is 13.2 Å². The molecular formula is C22H24N2O3. The van der Waals surface area contributed by atoms with Gasteiger partial charge >= 0.3 is 0 Å². The lowest BCUT2D eigenvalue weighted by molar-refractivity contribution is -0.135. The molecular weight excluding hydrogens is 340 g/mol. The lowest BCUT2D eigenvalue weighted by atomic mass is 10.0. The Morgan fingerprint density at radius 1 is 1.07 bits per heavy atom. The van der Waals surface area contributed by atoms with E-state index in [0.29, 0.717) is 11.5 Å². The highest BCUT2D eigenvalue weighted by atomic mass is 16.5. The van der Waals surface area contributed by atoms with E-state index in [0.717, 1.165) is 30.7 Å². The number of nitrogens with one attached hydrogen (secondary N) is 1. The van der Waals surface area contributed by atoms with Crippen LogP contribution in [0.25, 0.3) is 0 Å². The Morgan fingerprint density at radius 3 is 2.56 bits per heavy atom. The van der Waals surface area contributed by atoms with Gasteiger partial charge in [-0.2, -0.15) is 0 Å². The predicted octanol–water partition coefficient (Wildman–Crippen LogP) is 2.79. The molecule has 5 nitrogen and oxygen atoms in total. The van der Waals surface area contributed by atoms with Crippen molar-refractivity contribution < 1.29 is 14.3 Å².